The Kier molecular flexibility index (Phi) is 7.54. The number of alkyl halides is 3. The SMILES string of the molecule is CCCCCCCc1ccc2cc(-c3cc(F)c(-c4ccc(C(F)(F)F)cc4)c(F)c3)ccc2c1. The van der Waals surface area contributed by atoms with Gasteiger partial charge in [0.1, 0.15) is 11.6 Å². The highest BCUT2D eigenvalue weighted by Crippen LogP contribution is 2.35. The second kappa shape index (κ2) is 10.6. The molecular weight excluding hydrogens is 455 g/mol. The Bertz CT molecular complexity index is 1280. The van der Waals surface area contributed by atoms with Crippen LogP contribution in [0.1, 0.15) is 50.2 Å². The largest absolute Gasteiger partial charge is 0.416 e. The number of benzene rings is 4. The molecule has 0 amide bonds. The van der Waals surface area contributed by atoms with Crippen LogP contribution in [-0.2, 0) is 12.6 Å². The second-order valence-corrected chi connectivity index (χ2v) is 8.95. The molecule has 0 aromatic heterocycles. The van der Waals surface area contributed by atoms with E-state index in [2.05, 4.69) is 19.1 Å². The summed E-state index contributed by atoms with van der Waals surface area (Å²) >= 11 is 0. The number of unbranched alkanes of at least 4 members (excludes halogenated alkanes) is 4. The molecule has 0 unspecified atom stereocenters. The van der Waals surface area contributed by atoms with Gasteiger partial charge in [0.05, 0.1) is 11.1 Å². The van der Waals surface area contributed by atoms with E-state index in [4.69, 9.17) is 0 Å². The first kappa shape index (κ1) is 24.9. The van der Waals surface area contributed by atoms with Crippen molar-refractivity contribution in [3.8, 4) is 22.3 Å². The summed E-state index contributed by atoms with van der Waals surface area (Å²) in [5, 5.41) is 2.05. The van der Waals surface area contributed by atoms with E-state index in [-0.39, 0.29) is 11.1 Å². The van der Waals surface area contributed by atoms with E-state index in [0.717, 1.165) is 47.9 Å². The van der Waals surface area contributed by atoms with E-state index in [1.165, 1.54) is 43.4 Å². The van der Waals surface area contributed by atoms with E-state index in [9.17, 15) is 22.0 Å². The van der Waals surface area contributed by atoms with Crippen LogP contribution < -0.4 is 0 Å². The molecule has 4 rings (SSSR count). The Hall–Kier alpha value is -3.21. The third kappa shape index (κ3) is 5.90. The van der Waals surface area contributed by atoms with Gasteiger partial charge in [0.2, 0.25) is 0 Å². The van der Waals surface area contributed by atoms with E-state index in [0.29, 0.717) is 11.1 Å². The summed E-state index contributed by atoms with van der Waals surface area (Å²) in [5.41, 5.74) is 1.17. The fourth-order valence-electron chi connectivity index (χ4n) is 4.40. The summed E-state index contributed by atoms with van der Waals surface area (Å²) in [6.07, 6.45) is 2.67. The van der Waals surface area contributed by atoms with Crippen molar-refractivity contribution < 1.29 is 22.0 Å². The van der Waals surface area contributed by atoms with E-state index in [1.54, 1.807) is 0 Å². The average Bonchev–Trinajstić information content (AvgIpc) is 2.83. The predicted molar refractivity (Wildman–Crippen MR) is 132 cm³/mol. The minimum Gasteiger partial charge on any atom is -0.206 e. The standard InChI is InChI=1S/C30H27F5/c1-2-3-4-5-6-7-20-8-9-23-17-24(11-10-22(23)16-20)25-18-27(31)29(28(32)19-25)21-12-14-26(15-13-21)30(33,34)35/h8-19H,2-7H2,1H3. The predicted octanol–water partition coefficient (Wildman–Crippen LogP) is 9.98. The van der Waals surface area contributed by atoms with Gasteiger partial charge in [-0.05, 0) is 76.2 Å². The zero-order chi connectivity index (χ0) is 25.0. The molecule has 0 aliphatic rings. The molecule has 0 saturated carbocycles. The normalized spacial score (nSPS) is 11.8. The Morgan fingerprint density at radius 2 is 1.20 bits per heavy atom. The summed E-state index contributed by atoms with van der Waals surface area (Å²) in [6.45, 7) is 2.20. The molecule has 0 aliphatic heterocycles. The number of fused-ring (bicyclic) bond motifs is 1. The molecule has 0 radical (unpaired) electrons. The van der Waals surface area contributed by atoms with Crippen LogP contribution in [0.15, 0.2) is 72.8 Å². The summed E-state index contributed by atoms with van der Waals surface area (Å²) in [4.78, 5) is 0. The topological polar surface area (TPSA) is 0 Å². The maximum Gasteiger partial charge on any atom is 0.416 e. The number of aryl methyl sites for hydroxylation is 1. The Morgan fingerprint density at radius 1 is 0.600 bits per heavy atom. The van der Waals surface area contributed by atoms with Gasteiger partial charge in [-0.1, -0.05) is 75.1 Å². The van der Waals surface area contributed by atoms with Crippen molar-refractivity contribution in [3.05, 3.63) is 95.6 Å². The lowest BCUT2D eigenvalue weighted by Crippen LogP contribution is -2.04. The smallest absolute Gasteiger partial charge is 0.206 e. The summed E-state index contributed by atoms with van der Waals surface area (Å²) in [5.74, 6) is -1.64. The van der Waals surface area contributed by atoms with Gasteiger partial charge in [0.15, 0.2) is 0 Å². The molecule has 0 N–H and O–H groups in total. The molecule has 4 aromatic rings. The quantitative estimate of drug-likeness (QED) is 0.173. The van der Waals surface area contributed by atoms with Crippen LogP contribution in [0.5, 0.6) is 0 Å². The number of halogens is 5. The number of hydrogen-bond donors (Lipinski definition) is 0. The Balaban J connectivity index is 1.56. The first-order valence-corrected chi connectivity index (χ1v) is 12.0. The fraction of sp³-hybridized carbons (Fsp3) is 0.267. The molecule has 0 heterocycles. The highest BCUT2D eigenvalue weighted by molar-refractivity contribution is 5.88. The average molecular weight is 483 g/mol. The van der Waals surface area contributed by atoms with Gasteiger partial charge in [-0.15, -0.1) is 0 Å². The highest BCUT2D eigenvalue weighted by Gasteiger charge is 2.30. The molecule has 0 fully saturated rings. The van der Waals surface area contributed by atoms with Crippen molar-refractivity contribution in [2.24, 2.45) is 0 Å². The van der Waals surface area contributed by atoms with Crippen molar-refractivity contribution in [3.63, 3.8) is 0 Å². The third-order valence-corrected chi connectivity index (χ3v) is 6.35. The first-order valence-electron chi connectivity index (χ1n) is 12.0. The van der Waals surface area contributed by atoms with Crippen LogP contribution in [0.4, 0.5) is 22.0 Å². The molecule has 0 aliphatic carbocycles. The van der Waals surface area contributed by atoms with Gasteiger partial charge >= 0.3 is 6.18 Å². The van der Waals surface area contributed by atoms with Crippen molar-refractivity contribution in [1.29, 1.82) is 0 Å². The molecule has 0 spiro atoms. The van der Waals surface area contributed by atoms with E-state index < -0.39 is 23.4 Å². The molecule has 4 aromatic carbocycles. The van der Waals surface area contributed by atoms with Crippen molar-refractivity contribution >= 4 is 10.8 Å². The Labute approximate surface area is 202 Å². The maximum atomic E-state index is 14.9. The minimum atomic E-state index is -4.51. The molecule has 0 bridgehead atoms. The Morgan fingerprint density at radius 3 is 1.86 bits per heavy atom. The van der Waals surface area contributed by atoms with Gasteiger partial charge in [0, 0.05) is 0 Å². The zero-order valence-corrected chi connectivity index (χ0v) is 19.6. The van der Waals surface area contributed by atoms with Crippen LogP contribution in [0.3, 0.4) is 0 Å². The lowest BCUT2D eigenvalue weighted by atomic mass is 9.96. The molecule has 0 nitrogen and oxygen atoms in total. The van der Waals surface area contributed by atoms with Crippen molar-refractivity contribution in [2.75, 3.05) is 0 Å². The first-order chi connectivity index (χ1) is 16.8. The van der Waals surface area contributed by atoms with Crippen LogP contribution in [0, 0.1) is 11.6 Å². The summed E-state index contributed by atoms with van der Waals surface area (Å²) < 4.78 is 68.2. The molecule has 0 saturated heterocycles. The second-order valence-electron chi connectivity index (χ2n) is 8.95. The summed E-state index contributed by atoms with van der Waals surface area (Å²) in [6, 6.07) is 18.2. The van der Waals surface area contributed by atoms with E-state index in [1.807, 2.05) is 24.3 Å². The van der Waals surface area contributed by atoms with Gasteiger partial charge in [-0.25, -0.2) is 8.78 Å². The number of rotatable bonds is 8. The molecule has 5 heteroatoms. The van der Waals surface area contributed by atoms with Crippen LogP contribution >= 0.6 is 0 Å². The van der Waals surface area contributed by atoms with Crippen LogP contribution in [0.25, 0.3) is 33.0 Å². The molecular formula is C30H27F5. The van der Waals surface area contributed by atoms with Crippen LogP contribution in [-0.4, -0.2) is 0 Å². The van der Waals surface area contributed by atoms with Crippen molar-refractivity contribution in [2.45, 2.75) is 51.6 Å². The van der Waals surface area contributed by atoms with Crippen LogP contribution in [0.2, 0.25) is 0 Å². The molecule has 182 valence electrons. The minimum absolute atomic E-state index is 0.0558. The van der Waals surface area contributed by atoms with Gasteiger partial charge in [0.25, 0.3) is 0 Å². The van der Waals surface area contributed by atoms with Crippen molar-refractivity contribution in [1.82, 2.24) is 0 Å². The summed E-state index contributed by atoms with van der Waals surface area (Å²) in [7, 11) is 0. The zero-order valence-electron chi connectivity index (χ0n) is 19.6. The lowest BCUT2D eigenvalue weighted by molar-refractivity contribution is -0.137. The third-order valence-electron chi connectivity index (χ3n) is 6.35. The number of hydrogen-bond acceptors (Lipinski definition) is 0. The molecule has 0 atom stereocenters. The fourth-order valence-corrected chi connectivity index (χ4v) is 4.40. The highest BCUT2D eigenvalue weighted by atomic mass is 19.4. The lowest BCUT2D eigenvalue weighted by Gasteiger charge is -2.11. The van der Waals surface area contributed by atoms with Gasteiger partial charge < -0.3 is 0 Å². The maximum absolute atomic E-state index is 14.9. The monoisotopic (exact) mass is 482 g/mol. The van der Waals surface area contributed by atoms with E-state index >= 15 is 0 Å². The van der Waals surface area contributed by atoms with Gasteiger partial charge in [-0.3, -0.25) is 0 Å². The molecule has 35 heavy (non-hydrogen) atoms. The van der Waals surface area contributed by atoms with Gasteiger partial charge in [-0.2, -0.15) is 13.2 Å².